The number of nitrogens with two attached hydrogens (primary N) is 1. The summed E-state index contributed by atoms with van der Waals surface area (Å²) in [5, 5.41) is 17.9. The van der Waals surface area contributed by atoms with Crippen molar-refractivity contribution < 1.29 is 24.3 Å². The fourth-order valence-corrected chi connectivity index (χ4v) is 3.65. The van der Waals surface area contributed by atoms with Gasteiger partial charge in [0.25, 0.3) is 0 Å². The van der Waals surface area contributed by atoms with Crippen LogP contribution >= 0.6 is 0 Å². The van der Waals surface area contributed by atoms with E-state index >= 15 is 0 Å². The minimum absolute atomic E-state index is 0.00135. The van der Waals surface area contributed by atoms with Crippen molar-refractivity contribution in [2.24, 2.45) is 11.7 Å². The molecular weight excluding hydrogens is 466 g/mol. The van der Waals surface area contributed by atoms with Crippen LogP contribution in [0.15, 0.2) is 43.0 Å². The molecule has 1 aromatic carbocycles. The standard InChI is InChI=1S/C24H31N7O5/c1-13(2)21(25)23(34)31-18(7-14-9-27-17-6-4-3-5-16(14)17)22(33)28-11-20(32)30-19(24(35)36)8-15-10-26-12-29-15/h3-6,9-10,12-13,18-19,21,27H,7-8,11,25H2,1-2H3,(H,26,29)(H,28,33)(H,30,32)(H,31,34)(H,35,36). The van der Waals surface area contributed by atoms with E-state index in [0.717, 1.165) is 16.5 Å². The van der Waals surface area contributed by atoms with Crippen LogP contribution in [0, 0.1) is 5.92 Å². The van der Waals surface area contributed by atoms with Crippen molar-refractivity contribution >= 4 is 34.6 Å². The van der Waals surface area contributed by atoms with E-state index in [9.17, 15) is 24.3 Å². The predicted octanol–water partition coefficient (Wildman–Crippen LogP) is -0.170. The van der Waals surface area contributed by atoms with Crippen LogP contribution in [0.5, 0.6) is 0 Å². The van der Waals surface area contributed by atoms with Crippen LogP contribution in [-0.2, 0) is 32.0 Å². The van der Waals surface area contributed by atoms with E-state index < -0.39 is 48.4 Å². The van der Waals surface area contributed by atoms with Gasteiger partial charge in [0, 0.05) is 41.8 Å². The maximum absolute atomic E-state index is 13.0. The molecule has 3 unspecified atom stereocenters. The highest BCUT2D eigenvalue weighted by Crippen LogP contribution is 2.19. The first-order chi connectivity index (χ1) is 17.2. The number of carbonyl (C=O) groups excluding carboxylic acids is 3. The van der Waals surface area contributed by atoms with Gasteiger partial charge in [-0.1, -0.05) is 32.0 Å². The van der Waals surface area contributed by atoms with Gasteiger partial charge in [0.05, 0.1) is 18.9 Å². The lowest BCUT2D eigenvalue weighted by atomic mass is 10.0. The molecule has 36 heavy (non-hydrogen) atoms. The Morgan fingerprint density at radius 2 is 1.78 bits per heavy atom. The van der Waals surface area contributed by atoms with Gasteiger partial charge in [-0.3, -0.25) is 14.4 Å². The summed E-state index contributed by atoms with van der Waals surface area (Å²) in [6, 6.07) is 4.52. The first-order valence-corrected chi connectivity index (χ1v) is 11.5. The molecule has 0 aliphatic carbocycles. The number of aromatic nitrogens is 3. The number of carbonyl (C=O) groups is 4. The summed E-state index contributed by atoms with van der Waals surface area (Å²) in [4.78, 5) is 59.3. The van der Waals surface area contributed by atoms with Crippen LogP contribution in [0.4, 0.5) is 0 Å². The third-order valence-corrected chi connectivity index (χ3v) is 5.79. The second-order valence-electron chi connectivity index (χ2n) is 8.85. The lowest BCUT2D eigenvalue weighted by molar-refractivity contribution is -0.141. The number of amides is 3. The fourth-order valence-electron chi connectivity index (χ4n) is 3.65. The summed E-state index contributed by atoms with van der Waals surface area (Å²) in [5.41, 5.74) is 8.18. The van der Waals surface area contributed by atoms with Crippen LogP contribution in [0.1, 0.15) is 25.1 Å². The average molecular weight is 498 g/mol. The van der Waals surface area contributed by atoms with Gasteiger partial charge in [-0.25, -0.2) is 9.78 Å². The zero-order valence-electron chi connectivity index (χ0n) is 20.1. The molecule has 0 spiro atoms. The van der Waals surface area contributed by atoms with Crippen molar-refractivity contribution in [2.45, 2.75) is 44.8 Å². The molecule has 0 aliphatic rings. The van der Waals surface area contributed by atoms with Gasteiger partial charge in [-0.05, 0) is 17.5 Å². The monoisotopic (exact) mass is 497 g/mol. The smallest absolute Gasteiger partial charge is 0.326 e. The second kappa shape index (κ2) is 12.0. The summed E-state index contributed by atoms with van der Waals surface area (Å²) in [7, 11) is 0. The molecule has 0 saturated carbocycles. The van der Waals surface area contributed by atoms with E-state index in [1.807, 2.05) is 24.3 Å². The van der Waals surface area contributed by atoms with E-state index in [1.165, 1.54) is 12.5 Å². The number of nitrogens with zero attached hydrogens (tertiary/aromatic N) is 1. The Balaban J connectivity index is 1.67. The van der Waals surface area contributed by atoms with Gasteiger partial charge in [0.2, 0.25) is 17.7 Å². The number of para-hydroxylation sites is 1. The van der Waals surface area contributed by atoms with Crippen LogP contribution in [-0.4, -0.2) is 68.4 Å². The number of fused-ring (bicyclic) bond motifs is 1. The molecule has 3 aromatic rings. The molecule has 0 aliphatic heterocycles. The first kappa shape index (κ1) is 26.4. The third-order valence-electron chi connectivity index (χ3n) is 5.79. The molecule has 192 valence electrons. The Morgan fingerprint density at radius 1 is 1.03 bits per heavy atom. The topological polar surface area (TPSA) is 195 Å². The van der Waals surface area contributed by atoms with Crippen LogP contribution in [0.2, 0.25) is 0 Å². The molecule has 12 heteroatoms. The Labute approximate surface area is 207 Å². The minimum atomic E-state index is -1.23. The second-order valence-corrected chi connectivity index (χ2v) is 8.85. The lowest BCUT2D eigenvalue weighted by Crippen LogP contribution is -2.55. The molecule has 8 N–H and O–H groups in total. The van der Waals surface area contributed by atoms with Gasteiger partial charge in [0.15, 0.2) is 0 Å². The number of benzene rings is 1. The van der Waals surface area contributed by atoms with Crippen molar-refractivity contribution in [1.82, 2.24) is 30.9 Å². The molecule has 0 bridgehead atoms. The average Bonchev–Trinajstić information content (AvgIpc) is 3.51. The van der Waals surface area contributed by atoms with E-state index in [-0.39, 0.29) is 18.8 Å². The summed E-state index contributed by atoms with van der Waals surface area (Å²) >= 11 is 0. The third kappa shape index (κ3) is 6.92. The molecule has 0 saturated heterocycles. The highest BCUT2D eigenvalue weighted by molar-refractivity contribution is 5.93. The molecular formula is C24H31N7O5. The maximum Gasteiger partial charge on any atom is 0.326 e. The number of imidazole rings is 1. The number of H-pyrrole nitrogens is 2. The number of rotatable bonds is 12. The number of hydrogen-bond donors (Lipinski definition) is 7. The first-order valence-electron chi connectivity index (χ1n) is 11.5. The minimum Gasteiger partial charge on any atom is -0.480 e. The Kier molecular flexibility index (Phi) is 8.79. The predicted molar refractivity (Wildman–Crippen MR) is 132 cm³/mol. The SMILES string of the molecule is CC(C)C(N)C(=O)NC(Cc1c[nH]c2ccccc12)C(=O)NCC(=O)NC(Cc1cnc[nH]1)C(=O)O. The van der Waals surface area contributed by atoms with Gasteiger partial charge >= 0.3 is 5.97 Å². The molecule has 2 heterocycles. The highest BCUT2D eigenvalue weighted by atomic mass is 16.4. The Bertz CT molecular complexity index is 1200. The quantitative estimate of drug-likeness (QED) is 0.180. The van der Waals surface area contributed by atoms with Crippen LogP contribution in [0.3, 0.4) is 0 Å². The zero-order valence-corrected chi connectivity index (χ0v) is 20.1. The molecule has 3 amide bonds. The van der Waals surface area contributed by atoms with E-state index in [2.05, 4.69) is 30.9 Å². The fraction of sp³-hybridized carbons (Fsp3) is 0.375. The molecule has 3 rings (SSSR count). The van der Waals surface area contributed by atoms with Gasteiger partial charge in [0.1, 0.15) is 12.1 Å². The largest absolute Gasteiger partial charge is 0.480 e. The van der Waals surface area contributed by atoms with Crippen molar-refractivity contribution in [3.63, 3.8) is 0 Å². The van der Waals surface area contributed by atoms with Crippen molar-refractivity contribution in [3.05, 3.63) is 54.2 Å². The van der Waals surface area contributed by atoms with E-state index in [4.69, 9.17) is 5.73 Å². The van der Waals surface area contributed by atoms with Gasteiger partial charge in [-0.15, -0.1) is 0 Å². The molecule has 12 nitrogen and oxygen atoms in total. The number of aliphatic carboxylic acids is 1. The Hall–Kier alpha value is -4.19. The van der Waals surface area contributed by atoms with Gasteiger partial charge in [-0.2, -0.15) is 0 Å². The number of hydrogen-bond acceptors (Lipinski definition) is 6. The van der Waals surface area contributed by atoms with Gasteiger partial charge < -0.3 is 36.8 Å². The molecule has 0 fully saturated rings. The van der Waals surface area contributed by atoms with Crippen molar-refractivity contribution in [1.29, 1.82) is 0 Å². The summed E-state index contributed by atoms with van der Waals surface area (Å²) in [5.74, 6) is -3.14. The Morgan fingerprint density at radius 3 is 2.44 bits per heavy atom. The summed E-state index contributed by atoms with van der Waals surface area (Å²) in [6.07, 6.45) is 4.79. The van der Waals surface area contributed by atoms with Crippen molar-refractivity contribution in [3.8, 4) is 0 Å². The molecule has 0 radical (unpaired) electrons. The highest BCUT2D eigenvalue weighted by Gasteiger charge is 2.27. The summed E-state index contributed by atoms with van der Waals surface area (Å²) in [6.45, 7) is 3.12. The molecule has 3 atom stereocenters. The lowest BCUT2D eigenvalue weighted by Gasteiger charge is -2.22. The van der Waals surface area contributed by atoms with E-state index in [1.54, 1.807) is 20.0 Å². The normalized spacial score (nSPS) is 13.7. The number of nitrogens with one attached hydrogen (secondary N) is 5. The van der Waals surface area contributed by atoms with E-state index in [0.29, 0.717) is 5.69 Å². The molecule has 2 aromatic heterocycles. The summed E-state index contributed by atoms with van der Waals surface area (Å²) < 4.78 is 0. The van der Waals surface area contributed by atoms with Crippen LogP contribution in [0.25, 0.3) is 10.9 Å². The van der Waals surface area contributed by atoms with Crippen molar-refractivity contribution in [2.75, 3.05) is 6.54 Å². The maximum atomic E-state index is 13.0. The number of carboxylic acid groups (broad SMARTS) is 1. The number of carboxylic acids is 1. The number of aromatic amines is 2. The van der Waals surface area contributed by atoms with Crippen LogP contribution < -0.4 is 21.7 Å². The zero-order chi connectivity index (χ0) is 26.2.